The molecule has 5 heteroatoms. The van der Waals surface area contributed by atoms with Gasteiger partial charge in [0.25, 0.3) is 0 Å². The van der Waals surface area contributed by atoms with Crippen LogP contribution in [0, 0.1) is 18.3 Å². The first-order chi connectivity index (χ1) is 9.63. The third kappa shape index (κ3) is 6.01. The lowest BCUT2D eigenvalue weighted by Gasteiger charge is -2.07. The first kappa shape index (κ1) is 15.7. The number of carbonyl (C=O) groups excluding carboxylic acids is 2. The number of benzene rings is 1. The van der Waals surface area contributed by atoms with Crippen LogP contribution in [0.1, 0.15) is 24.0 Å². The SMILES string of the molecule is Cc1ccccc1CCC(=O)NCCNC(=O)CC#N. The van der Waals surface area contributed by atoms with Crippen molar-refractivity contribution in [2.24, 2.45) is 0 Å². The Kier molecular flexibility index (Phi) is 6.83. The Hall–Kier alpha value is -2.35. The molecule has 0 radical (unpaired) electrons. The highest BCUT2D eigenvalue weighted by Crippen LogP contribution is 2.09. The molecular formula is C15H19N3O2. The number of hydrogen-bond donors (Lipinski definition) is 2. The molecule has 0 aliphatic heterocycles. The van der Waals surface area contributed by atoms with Crippen molar-refractivity contribution in [2.45, 2.75) is 26.2 Å². The fraction of sp³-hybridized carbons (Fsp3) is 0.400. The molecule has 1 aromatic carbocycles. The van der Waals surface area contributed by atoms with Gasteiger partial charge in [-0.15, -0.1) is 0 Å². The molecular weight excluding hydrogens is 254 g/mol. The molecule has 2 N–H and O–H groups in total. The lowest BCUT2D eigenvalue weighted by Crippen LogP contribution is -2.34. The Morgan fingerprint density at radius 3 is 2.45 bits per heavy atom. The molecule has 0 atom stereocenters. The summed E-state index contributed by atoms with van der Waals surface area (Å²) < 4.78 is 0. The zero-order valence-electron chi connectivity index (χ0n) is 11.6. The lowest BCUT2D eigenvalue weighted by molar-refractivity contribution is -0.122. The number of hydrogen-bond acceptors (Lipinski definition) is 3. The van der Waals surface area contributed by atoms with Crippen molar-refractivity contribution in [3.63, 3.8) is 0 Å². The van der Waals surface area contributed by atoms with Crippen LogP contribution >= 0.6 is 0 Å². The van der Waals surface area contributed by atoms with Crippen molar-refractivity contribution >= 4 is 11.8 Å². The third-order valence-corrected chi connectivity index (χ3v) is 2.89. The molecule has 0 bridgehead atoms. The average molecular weight is 273 g/mol. The van der Waals surface area contributed by atoms with Gasteiger partial charge in [0.15, 0.2) is 0 Å². The van der Waals surface area contributed by atoms with Crippen molar-refractivity contribution in [1.82, 2.24) is 10.6 Å². The molecule has 0 spiro atoms. The van der Waals surface area contributed by atoms with Crippen LogP contribution in [0.3, 0.4) is 0 Å². The molecule has 5 nitrogen and oxygen atoms in total. The predicted molar refractivity (Wildman–Crippen MR) is 75.7 cm³/mol. The van der Waals surface area contributed by atoms with Crippen molar-refractivity contribution in [3.8, 4) is 6.07 Å². The van der Waals surface area contributed by atoms with Crippen LogP contribution in [-0.4, -0.2) is 24.9 Å². The van der Waals surface area contributed by atoms with E-state index in [1.54, 1.807) is 6.07 Å². The Labute approximate surface area is 119 Å². The smallest absolute Gasteiger partial charge is 0.234 e. The van der Waals surface area contributed by atoms with E-state index in [0.717, 1.165) is 0 Å². The molecule has 1 aromatic rings. The van der Waals surface area contributed by atoms with Gasteiger partial charge in [0.1, 0.15) is 6.42 Å². The van der Waals surface area contributed by atoms with Gasteiger partial charge in [-0.25, -0.2) is 0 Å². The second-order valence-corrected chi connectivity index (χ2v) is 4.46. The zero-order valence-corrected chi connectivity index (χ0v) is 11.6. The van der Waals surface area contributed by atoms with E-state index in [2.05, 4.69) is 10.6 Å². The summed E-state index contributed by atoms with van der Waals surface area (Å²) in [5.74, 6) is -0.357. The summed E-state index contributed by atoms with van der Waals surface area (Å²) in [6.45, 7) is 2.75. The number of nitrogens with one attached hydrogen (secondary N) is 2. The molecule has 0 aliphatic carbocycles. The van der Waals surface area contributed by atoms with Gasteiger partial charge in [0, 0.05) is 19.5 Å². The minimum absolute atomic E-state index is 0.0391. The van der Waals surface area contributed by atoms with Gasteiger partial charge in [0.05, 0.1) is 6.07 Å². The van der Waals surface area contributed by atoms with Gasteiger partial charge in [-0.05, 0) is 24.5 Å². The standard InChI is InChI=1S/C15H19N3O2/c1-12-4-2-3-5-13(12)6-7-14(19)17-10-11-18-15(20)8-9-16/h2-5H,6-8,10-11H2,1H3,(H,17,19)(H,18,20). The van der Waals surface area contributed by atoms with Crippen molar-refractivity contribution in [1.29, 1.82) is 5.26 Å². The highest BCUT2D eigenvalue weighted by Gasteiger charge is 2.04. The zero-order chi connectivity index (χ0) is 14.8. The number of nitriles is 1. The maximum atomic E-state index is 11.6. The van der Waals surface area contributed by atoms with Gasteiger partial charge >= 0.3 is 0 Å². The topological polar surface area (TPSA) is 82.0 Å². The predicted octanol–water partition coefficient (Wildman–Crippen LogP) is 1.07. The maximum Gasteiger partial charge on any atom is 0.234 e. The fourth-order valence-electron chi connectivity index (χ4n) is 1.77. The second-order valence-electron chi connectivity index (χ2n) is 4.46. The summed E-state index contributed by atoms with van der Waals surface area (Å²) in [5.41, 5.74) is 2.36. The molecule has 0 saturated heterocycles. The summed E-state index contributed by atoms with van der Waals surface area (Å²) in [4.78, 5) is 22.6. The minimum atomic E-state index is -0.318. The molecule has 2 amide bonds. The van der Waals surface area contributed by atoms with Gasteiger partial charge in [0.2, 0.25) is 11.8 Å². The Balaban J connectivity index is 2.17. The van der Waals surface area contributed by atoms with Gasteiger partial charge in [-0.3, -0.25) is 9.59 Å². The first-order valence-electron chi connectivity index (χ1n) is 6.58. The summed E-state index contributed by atoms with van der Waals surface area (Å²) >= 11 is 0. The largest absolute Gasteiger partial charge is 0.354 e. The van der Waals surface area contributed by atoms with Crippen LogP contribution in [0.15, 0.2) is 24.3 Å². The third-order valence-electron chi connectivity index (χ3n) is 2.89. The van der Waals surface area contributed by atoms with Crippen molar-refractivity contribution in [2.75, 3.05) is 13.1 Å². The molecule has 20 heavy (non-hydrogen) atoms. The van der Waals surface area contributed by atoms with Crippen LogP contribution in [-0.2, 0) is 16.0 Å². The van der Waals surface area contributed by atoms with Crippen molar-refractivity contribution < 1.29 is 9.59 Å². The van der Waals surface area contributed by atoms with Crippen LogP contribution < -0.4 is 10.6 Å². The van der Waals surface area contributed by atoms with Crippen LogP contribution in [0.4, 0.5) is 0 Å². The van der Waals surface area contributed by atoms with E-state index in [1.807, 2.05) is 31.2 Å². The van der Waals surface area contributed by atoms with Gasteiger partial charge in [-0.2, -0.15) is 5.26 Å². The van der Waals surface area contributed by atoms with E-state index in [1.165, 1.54) is 11.1 Å². The summed E-state index contributed by atoms with van der Waals surface area (Å²) in [5, 5.41) is 13.6. The maximum absolute atomic E-state index is 11.6. The van der Waals surface area contributed by atoms with E-state index in [-0.39, 0.29) is 18.2 Å². The highest BCUT2D eigenvalue weighted by atomic mass is 16.2. The normalized spacial score (nSPS) is 9.60. The van der Waals surface area contributed by atoms with E-state index in [9.17, 15) is 9.59 Å². The fourth-order valence-corrected chi connectivity index (χ4v) is 1.77. The number of carbonyl (C=O) groups is 2. The van der Waals surface area contributed by atoms with E-state index < -0.39 is 0 Å². The van der Waals surface area contributed by atoms with E-state index in [4.69, 9.17) is 5.26 Å². The molecule has 0 fully saturated rings. The van der Waals surface area contributed by atoms with Crippen LogP contribution in [0.5, 0.6) is 0 Å². The summed E-state index contributed by atoms with van der Waals surface area (Å²) in [6, 6.07) is 9.74. The molecule has 0 unspecified atom stereocenters. The van der Waals surface area contributed by atoms with Crippen molar-refractivity contribution in [3.05, 3.63) is 35.4 Å². The molecule has 1 rings (SSSR count). The number of rotatable bonds is 7. The van der Waals surface area contributed by atoms with E-state index in [0.29, 0.717) is 25.9 Å². The highest BCUT2D eigenvalue weighted by molar-refractivity contribution is 5.78. The van der Waals surface area contributed by atoms with Crippen LogP contribution in [0.25, 0.3) is 0 Å². The lowest BCUT2D eigenvalue weighted by atomic mass is 10.0. The number of amides is 2. The van der Waals surface area contributed by atoms with E-state index >= 15 is 0 Å². The summed E-state index contributed by atoms with van der Waals surface area (Å²) in [6.07, 6.45) is 0.984. The Bertz CT molecular complexity index is 506. The van der Waals surface area contributed by atoms with Gasteiger partial charge < -0.3 is 10.6 Å². The first-order valence-corrected chi connectivity index (χ1v) is 6.58. The monoisotopic (exact) mass is 273 g/mol. The number of nitrogens with zero attached hydrogens (tertiary/aromatic N) is 1. The van der Waals surface area contributed by atoms with Gasteiger partial charge in [-0.1, -0.05) is 24.3 Å². The molecule has 106 valence electrons. The minimum Gasteiger partial charge on any atom is -0.354 e. The summed E-state index contributed by atoms with van der Waals surface area (Å²) in [7, 11) is 0. The van der Waals surface area contributed by atoms with Crippen LogP contribution in [0.2, 0.25) is 0 Å². The average Bonchev–Trinajstić information content (AvgIpc) is 2.43. The Morgan fingerprint density at radius 1 is 1.15 bits per heavy atom. The molecule has 0 saturated carbocycles. The number of aryl methyl sites for hydroxylation is 2. The molecule has 0 aromatic heterocycles. The Morgan fingerprint density at radius 2 is 1.80 bits per heavy atom. The quantitative estimate of drug-likeness (QED) is 0.729. The second kappa shape index (κ2) is 8.70. The molecule has 0 heterocycles. The molecule has 0 aliphatic rings.